The topological polar surface area (TPSA) is 55.5 Å². The Hall–Kier alpha value is -1.84. The van der Waals surface area contributed by atoms with Crippen molar-refractivity contribution in [1.29, 1.82) is 0 Å². The first-order valence-electron chi connectivity index (χ1n) is 8.95. The maximum absolute atomic E-state index is 10.7. The summed E-state index contributed by atoms with van der Waals surface area (Å²) in [7, 11) is 0. The predicted octanol–water partition coefficient (Wildman–Crippen LogP) is 4.21. The maximum Gasteiger partial charge on any atom is 0.124 e. The van der Waals surface area contributed by atoms with Crippen molar-refractivity contribution in [3.63, 3.8) is 0 Å². The van der Waals surface area contributed by atoms with Gasteiger partial charge in [-0.15, -0.1) is 0 Å². The van der Waals surface area contributed by atoms with E-state index in [-0.39, 0.29) is 0 Å². The van der Waals surface area contributed by atoms with Gasteiger partial charge in [0.05, 0.1) is 12.1 Å². The van der Waals surface area contributed by atoms with Crippen LogP contribution in [0.5, 0.6) is 5.75 Å². The summed E-state index contributed by atoms with van der Waals surface area (Å²) in [4.78, 5) is 0. The zero-order chi connectivity index (χ0) is 16.8. The number of nitrogens with two attached hydrogens (primary N) is 1. The van der Waals surface area contributed by atoms with Crippen LogP contribution >= 0.6 is 0 Å². The largest absolute Gasteiger partial charge is 0.489 e. The van der Waals surface area contributed by atoms with E-state index < -0.39 is 12.1 Å². The summed E-state index contributed by atoms with van der Waals surface area (Å²) in [6.07, 6.45) is 5.30. The Morgan fingerprint density at radius 1 is 0.958 bits per heavy atom. The molecule has 3 N–H and O–H groups in total. The molecule has 3 heteroatoms. The van der Waals surface area contributed by atoms with E-state index in [0.717, 1.165) is 29.7 Å². The van der Waals surface area contributed by atoms with Gasteiger partial charge in [-0.25, -0.2) is 0 Å². The highest BCUT2D eigenvalue weighted by Gasteiger charge is 2.29. The van der Waals surface area contributed by atoms with Gasteiger partial charge in [0, 0.05) is 5.56 Å². The number of aliphatic hydroxyl groups is 1. The fourth-order valence-corrected chi connectivity index (χ4v) is 3.58. The van der Waals surface area contributed by atoms with Gasteiger partial charge in [0.2, 0.25) is 0 Å². The Morgan fingerprint density at radius 3 is 2.38 bits per heavy atom. The SMILES string of the molecule is N[C@H](c1ccccc1OCc1ccccc1)[C@@H](O)C1CCCCC1. The minimum absolute atomic E-state index is 0.302. The zero-order valence-electron chi connectivity index (χ0n) is 14.1. The standard InChI is InChI=1S/C21H27NO2/c22-20(21(23)17-11-5-2-6-12-17)18-13-7-8-14-19(18)24-15-16-9-3-1-4-10-16/h1,3-4,7-10,13-14,17,20-21,23H,2,5-6,11-12,15,22H2/t20-,21+/m1/s1. The van der Waals surface area contributed by atoms with Crippen LogP contribution in [0, 0.1) is 5.92 Å². The molecule has 3 rings (SSSR count). The molecule has 2 atom stereocenters. The van der Waals surface area contributed by atoms with Crippen molar-refractivity contribution < 1.29 is 9.84 Å². The second-order valence-electron chi connectivity index (χ2n) is 6.73. The third kappa shape index (κ3) is 4.16. The van der Waals surface area contributed by atoms with E-state index in [9.17, 15) is 5.11 Å². The lowest BCUT2D eigenvalue weighted by molar-refractivity contribution is 0.0608. The summed E-state index contributed by atoms with van der Waals surface area (Å²) in [6.45, 7) is 0.504. The molecule has 0 spiro atoms. The van der Waals surface area contributed by atoms with Crippen LogP contribution in [-0.4, -0.2) is 11.2 Å². The molecule has 0 amide bonds. The Balaban J connectivity index is 1.70. The highest BCUT2D eigenvalue weighted by atomic mass is 16.5. The molecule has 1 aliphatic rings. The van der Waals surface area contributed by atoms with Gasteiger partial charge in [0.25, 0.3) is 0 Å². The first-order valence-corrected chi connectivity index (χ1v) is 8.95. The number of ether oxygens (including phenoxy) is 1. The number of para-hydroxylation sites is 1. The Morgan fingerprint density at radius 2 is 1.62 bits per heavy atom. The number of aliphatic hydroxyl groups excluding tert-OH is 1. The highest BCUT2D eigenvalue weighted by molar-refractivity contribution is 5.36. The van der Waals surface area contributed by atoms with E-state index in [1.807, 2.05) is 54.6 Å². The highest BCUT2D eigenvalue weighted by Crippen LogP contribution is 2.34. The van der Waals surface area contributed by atoms with Crippen LogP contribution in [0.25, 0.3) is 0 Å². The van der Waals surface area contributed by atoms with E-state index in [1.54, 1.807) is 0 Å². The van der Waals surface area contributed by atoms with Crippen LogP contribution in [0.4, 0.5) is 0 Å². The molecule has 0 aliphatic heterocycles. The normalized spacial score (nSPS) is 18.1. The van der Waals surface area contributed by atoms with Crippen LogP contribution in [0.1, 0.15) is 49.3 Å². The molecular formula is C21H27NO2. The average molecular weight is 325 g/mol. The van der Waals surface area contributed by atoms with E-state index in [0.29, 0.717) is 12.5 Å². The Labute approximate surface area is 144 Å². The smallest absolute Gasteiger partial charge is 0.124 e. The Bertz CT molecular complexity index is 623. The van der Waals surface area contributed by atoms with Crippen molar-refractivity contribution in [2.45, 2.75) is 50.9 Å². The van der Waals surface area contributed by atoms with Gasteiger partial charge < -0.3 is 15.6 Å². The van der Waals surface area contributed by atoms with Crippen molar-refractivity contribution in [2.75, 3.05) is 0 Å². The van der Waals surface area contributed by atoms with E-state index in [4.69, 9.17) is 10.5 Å². The Kier molecular flexibility index (Phi) is 5.89. The van der Waals surface area contributed by atoms with Crippen LogP contribution in [0.2, 0.25) is 0 Å². The molecule has 0 aromatic heterocycles. The van der Waals surface area contributed by atoms with E-state index in [2.05, 4.69) is 0 Å². The number of benzene rings is 2. The molecule has 2 aromatic carbocycles. The number of rotatable bonds is 6. The molecule has 0 unspecified atom stereocenters. The number of hydrogen-bond acceptors (Lipinski definition) is 3. The molecule has 1 saturated carbocycles. The van der Waals surface area contributed by atoms with Gasteiger partial charge in [-0.1, -0.05) is 67.8 Å². The second-order valence-corrected chi connectivity index (χ2v) is 6.73. The maximum atomic E-state index is 10.7. The van der Waals surface area contributed by atoms with Crippen LogP contribution in [0.3, 0.4) is 0 Å². The van der Waals surface area contributed by atoms with Crippen molar-refractivity contribution in [3.05, 3.63) is 65.7 Å². The molecule has 0 heterocycles. The summed E-state index contributed by atoms with van der Waals surface area (Å²) >= 11 is 0. The lowest BCUT2D eigenvalue weighted by Gasteiger charge is -2.31. The summed E-state index contributed by atoms with van der Waals surface area (Å²) in [6, 6.07) is 17.5. The molecule has 24 heavy (non-hydrogen) atoms. The first-order chi connectivity index (χ1) is 11.8. The number of hydrogen-bond donors (Lipinski definition) is 2. The zero-order valence-corrected chi connectivity index (χ0v) is 14.1. The fraction of sp³-hybridized carbons (Fsp3) is 0.429. The quantitative estimate of drug-likeness (QED) is 0.836. The summed E-state index contributed by atoms with van der Waals surface area (Å²) in [5.41, 5.74) is 8.42. The minimum Gasteiger partial charge on any atom is -0.489 e. The van der Waals surface area contributed by atoms with Gasteiger partial charge in [0.1, 0.15) is 12.4 Å². The molecule has 128 valence electrons. The van der Waals surface area contributed by atoms with Crippen molar-refractivity contribution in [3.8, 4) is 5.75 Å². The first kappa shape index (κ1) is 17.0. The third-order valence-electron chi connectivity index (χ3n) is 5.02. The fourth-order valence-electron chi connectivity index (χ4n) is 3.58. The van der Waals surface area contributed by atoms with Gasteiger partial charge >= 0.3 is 0 Å². The molecule has 3 nitrogen and oxygen atoms in total. The van der Waals surface area contributed by atoms with Crippen molar-refractivity contribution >= 4 is 0 Å². The van der Waals surface area contributed by atoms with E-state index >= 15 is 0 Å². The van der Waals surface area contributed by atoms with E-state index in [1.165, 1.54) is 19.3 Å². The second kappa shape index (κ2) is 8.32. The summed E-state index contributed by atoms with van der Waals surface area (Å²) in [5, 5.41) is 10.7. The molecule has 1 fully saturated rings. The third-order valence-corrected chi connectivity index (χ3v) is 5.02. The molecule has 2 aromatic rings. The van der Waals surface area contributed by atoms with Gasteiger partial charge in [0.15, 0.2) is 0 Å². The molecular weight excluding hydrogens is 298 g/mol. The molecule has 0 saturated heterocycles. The average Bonchev–Trinajstić information content (AvgIpc) is 2.67. The van der Waals surface area contributed by atoms with Crippen molar-refractivity contribution in [2.24, 2.45) is 11.7 Å². The molecule has 0 radical (unpaired) electrons. The minimum atomic E-state index is -0.508. The lowest BCUT2D eigenvalue weighted by atomic mass is 9.81. The van der Waals surface area contributed by atoms with Gasteiger partial charge in [-0.2, -0.15) is 0 Å². The molecule has 1 aliphatic carbocycles. The predicted molar refractivity (Wildman–Crippen MR) is 96.7 cm³/mol. The van der Waals surface area contributed by atoms with Crippen LogP contribution in [-0.2, 0) is 6.61 Å². The lowest BCUT2D eigenvalue weighted by Crippen LogP contribution is -2.34. The summed E-state index contributed by atoms with van der Waals surface area (Å²) in [5.74, 6) is 1.07. The monoisotopic (exact) mass is 325 g/mol. The van der Waals surface area contributed by atoms with Crippen LogP contribution < -0.4 is 10.5 Å². The van der Waals surface area contributed by atoms with Gasteiger partial charge in [-0.3, -0.25) is 0 Å². The van der Waals surface area contributed by atoms with Crippen LogP contribution in [0.15, 0.2) is 54.6 Å². The van der Waals surface area contributed by atoms with Gasteiger partial charge in [-0.05, 0) is 30.4 Å². The summed E-state index contributed by atoms with van der Waals surface area (Å²) < 4.78 is 5.99. The van der Waals surface area contributed by atoms with Crippen molar-refractivity contribution in [1.82, 2.24) is 0 Å². The molecule has 0 bridgehead atoms.